The average Bonchev–Trinajstić information content (AvgIpc) is 3.11. The second kappa shape index (κ2) is 11.3. The average molecular weight is 457 g/mol. The number of imidazole rings is 1. The topological polar surface area (TPSA) is 59.4 Å². The number of carbonyl (C=O) groups is 1. The number of amides is 1. The Balaban J connectivity index is 1.24. The van der Waals surface area contributed by atoms with Gasteiger partial charge in [0.05, 0.1) is 24.2 Å². The molecule has 32 heavy (non-hydrogen) atoms. The molecule has 1 atom stereocenters. The van der Waals surface area contributed by atoms with Crippen molar-refractivity contribution in [2.24, 2.45) is 0 Å². The number of morpholine rings is 1. The van der Waals surface area contributed by atoms with Crippen molar-refractivity contribution < 1.29 is 9.53 Å². The van der Waals surface area contributed by atoms with Gasteiger partial charge in [0.2, 0.25) is 5.91 Å². The summed E-state index contributed by atoms with van der Waals surface area (Å²) in [6, 6.07) is 11.0. The number of nitrogens with one attached hydrogen (secondary N) is 1. The van der Waals surface area contributed by atoms with Crippen LogP contribution in [0.4, 0.5) is 0 Å². The molecular formula is C25H36N4O2S. The zero-order valence-electron chi connectivity index (χ0n) is 19.4. The molecule has 0 radical (unpaired) electrons. The van der Waals surface area contributed by atoms with Crippen molar-refractivity contribution in [3.8, 4) is 0 Å². The van der Waals surface area contributed by atoms with Crippen molar-refractivity contribution in [3.05, 3.63) is 47.3 Å². The van der Waals surface area contributed by atoms with Crippen LogP contribution >= 0.6 is 11.8 Å². The molecule has 2 heterocycles. The monoisotopic (exact) mass is 456 g/mol. The molecule has 2 aliphatic rings. The van der Waals surface area contributed by atoms with E-state index in [-0.39, 0.29) is 12.0 Å². The Morgan fingerprint density at radius 3 is 2.75 bits per heavy atom. The van der Waals surface area contributed by atoms with Gasteiger partial charge >= 0.3 is 0 Å². The lowest BCUT2D eigenvalue weighted by molar-refractivity contribution is -0.119. The summed E-state index contributed by atoms with van der Waals surface area (Å²) in [6.07, 6.45) is 6.38. The Bertz CT molecular complexity index is 880. The molecular weight excluding hydrogens is 420 g/mol. The van der Waals surface area contributed by atoms with E-state index in [1.807, 2.05) is 6.07 Å². The van der Waals surface area contributed by atoms with Gasteiger partial charge in [0.1, 0.15) is 0 Å². The maximum atomic E-state index is 12.6. The Labute approximate surface area is 196 Å². The fourth-order valence-electron chi connectivity index (χ4n) is 4.77. The molecule has 1 amide bonds. The number of hydrogen-bond acceptors (Lipinski definition) is 5. The highest BCUT2D eigenvalue weighted by Crippen LogP contribution is 2.34. The lowest BCUT2D eigenvalue weighted by Crippen LogP contribution is -2.47. The fraction of sp³-hybridized carbons (Fsp3) is 0.600. The molecule has 1 unspecified atom stereocenters. The van der Waals surface area contributed by atoms with Gasteiger partial charge in [-0.05, 0) is 32.3 Å². The second-order valence-electron chi connectivity index (χ2n) is 9.03. The van der Waals surface area contributed by atoms with Gasteiger partial charge in [-0.15, -0.1) is 0 Å². The van der Waals surface area contributed by atoms with Crippen molar-refractivity contribution >= 4 is 17.7 Å². The molecule has 1 saturated heterocycles. The predicted molar refractivity (Wildman–Crippen MR) is 129 cm³/mol. The third kappa shape index (κ3) is 6.15. The number of aryl methyl sites for hydroxylation is 1. The number of thioether (sulfide) groups is 1. The van der Waals surface area contributed by atoms with E-state index in [0.717, 1.165) is 30.5 Å². The van der Waals surface area contributed by atoms with E-state index in [1.54, 1.807) is 11.8 Å². The van der Waals surface area contributed by atoms with Gasteiger partial charge in [-0.25, -0.2) is 4.98 Å². The normalized spacial score (nSPS) is 20.4. The van der Waals surface area contributed by atoms with Crippen molar-refractivity contribution in [2.45, 2.75) is 69.8 Å². The first-order valence-electron chi connectivity index (χ1n) is 11.9. The summed E-state index contributed by atoms with van der Waals surface area (Å²) in [6.45, 7) is 8.18. The van der Waals surface area contributed by atoms with Crippen LogP contribution in [0.5, 0.6) is 0 Å². The molecule has 1 N–H and O–H groups in total. The van der Waals surface area contributed by atoms with E-state index >= 15 is 0 Å². The third-order valence-electron chi connectivity index (χ3n) is 6.63. The maximum Gasteiger partial charge on any atom is 0.230 e. The van der Waals surface area contributed by atoms with Crippen molar-refractivity contribution in [1.29, 1.82) is 0 Å². The van der Waals surface area contributed by atoms with Crippen LogP contribution in [-0.2, 0) is 16.1 Å². The number of rotatable bonds is 8. The summed E-state index contributed by atoms with van der Waals surface area (Å²) >= 11 is 1.56. The molecule has 174 valence electrons. The molecule has 0 spiro atoms. The van der Waals surface area contributed by atoms with Gasteiger partial charge in [0.25, 0.3) is 0 Å². The Morgan fingerprint density at radius 1 is 1.19 bits per heavy atom. The minimum atomic E-state index is 0.0372. The van der Waals surface area contributed by atoms with E-state index in [2.05, 4.69) is 52.9 Å². The van der Waals surface area contributed by atoms with E-state index in [4.69, 9.17) is 9.72 Å². The summed E-state index contributed by atoms with van der Waals surface area (Å²) in [5.41, 5.74) is 3.63. The van der Waals surface area contributed by atoms with Crippen LogP contribution in [0, 0.1) is 13.8 Å². The molecule has 1 aromatic heterocycles. The molecule has 0 bridgehead atoms. The van der Waals surface area contributed by atoms with Crippen LogP contribution in [0.2, 0.25) is 0 Å². The van der Waals surface area contributed by atoms with Crippen LogP contribution < -0.4 is 5.32 Å². The van der Waals surface area contributed by atoms with Crippen molar-refractivity contribution in [3.63, 3.8) is 0 Å². The van der Waals surface area contributed by atoms with Gasteiger partial charge in [0, 0.05) is 37.9 Å². The van der Waals surface area contributed by atoms with E-state index in [9.17, 15) is 4.79 Å². The summed E-state index contributed by atoms with van der Waals surface area (Å²) < 4.78 is 8.28. The molecule has 2 fully saturated rings. The van der Waals surface area contributed by atoms with E-state index < -0.39 is 0 Å². The highest BCUT2D eigenvalue weighted by atomic mass is 32.2. The van der Waals surface area contributed by atoms with Crippen LogP contribution in [0.1, 0.15) is 55.1 Å². The minimum absolute atomic E-state index is 0.0372. The van der Waals surface area contributed by atoms with Crippen LogP contribution in [-0.4, -0.2) is 58.5 Å². The van der Waals surface area contributed by atoms with Gasteiger partial charge in [-0.1, -0.05) is 61.4 Å². The van der Waals surface area contributed by atoms with Crippen LogP contribution in [0.3, 0.4) is 0 Å². The first-order valence-corrected chi connectivity index (χ1v) is 12.9. The molecule has 2 aromatic rings. The smallest absolute Gasteiger partial charge is 0.230 e. The van der Waals surface area contributed by atoms with Crippen molar-refractivity contribution in [2.75, 3.05) is 32.0 Å². The number of aromatic nitrogens is 2. The quantitative estimate of drug-likeness (QED) is 0.606. The van der Waals surface area contributed by atoms with Crippen LogP contribution in [0.25, 0.3) is 0 Å². The molecule has 1 saturated carbocycles. The zero-order chi connectivity index (χ0) is 22.3. The predicted octanol–water partition coefficient (Wildman–Crippen LogP) is 4.11. The summed E-state index contributed by atoms with van der Waals surface area (Å²) in [5, 5.41) is 4.07. The van der Waals surface area contributed by atoms with Gasteiger partial charge in [0.15, 0.2) is 5.16 Å². The fourth-order valence-corrected chi connectivity index (χ4v) is 5.75. The van der Waals surface area contributed by atoms with Gasteiger partial charge < -0.3 is 14.6 Å². The van der Waals surface area contributed by atoms with Gasteiger partial charge in [-0.2, -0.15) is 0 Å². The van der Waals surface area contributed by atoms with E-state index in [0.29, 0.717) is 24.9 Å². The molecule has 1 aromatic carbocycles. The number of benzene rings is 1. The SMILES string of the molecule is Cc1nc(SCC(=O)NCC2CN(Cc3ccccc3)CCO2)n(C2CCCCC2)c1C. The number of nitrogens with zero attached hydrogens (tertiary/aromatic N) is 3. The van der Waals surface area contributed by atoms with E-state index in [1.165, 1.54) is 43.4 Å². The Hall–Kier alpha value is -1.83. The second-order valence-corrected chi connectivity index (χ2v) is 9.98. The highest BCUT2D eigenvalue weighted by molar-refractivity contribution is 7.99. The summed E-state index contributed by atoms with van der Waals surface area (Å²) in [7, 11) is 0. The first-order chi connectivity index (χ1) is 15.6. The van der Waals surface area contributed by atoms with Gasteiger partial charge in [-0.3, -0.25) is 9.69 Å². The van der Waals surface area contributed by atoms with Crippen molar-refractivity contribution in [1.82, 2.24) is 19.8 Å². The molecule has 1 aliphatic carbocycles. The lowest BCUT2D eigenvalue weighted by Gasteiger charge is -2.33. The standard InChI is InChI=1S/C25H36N4O2S/c1-19-20(2)29(22-11-7-4-8-12-22)25(27-19)32-18-24(30)26-15-23-17-28(13-14-31-23)16-21-9-5-3-6-10-21/h3,5-6,9-10,22-23H,4,7-8,11-18H2,1-2H3,(H,26,30). The molecule has 6 nitrogen and oxygen atoms in total. The largest absolute Gasteiger partial charge is 0.374 e. The van der Waals surface area contributed by atoms with Crippen LogP contribution in [0.15, 0.2) is 35.5 Å². The maximum absolute atomic E-state index is 12.6. The number of hydrogen-bond donors (Lipinski definition) is 1. The first kappa shape index (κ1) is 23.3. The lowest BCUT2D eigenvalue weighted by atomic mass is 9.95. The summed E-state index contributed by atoms with van der Waals surface area (Å²) in [5.74, 6) is 0.440. The minimum Gasteiger partial charge on any atom is -0.374 e. The number of carbonyl (C=O) groups excluding carboxylic acids is 1. The Kier molecular flexibility index (Phi) is 8.27. The third-order valence-corrected chi connectivity index (χ3v) is 7.58. The molecule has 4 rings (SSSR count). The molecule has 1 aliphatic heterocycles. The molecule has 7 heteroatoms. The Morgan fingerprint density at radius 2 is 1.97 bits per heavy atom. The highest BCUT2D eigenvalue weighted by Gasteiger charge is 2.24. The summed E-state index contributed by atoms with van der Waals surface area (Å²) in [4.78, 5) is 19.7. The zero-order valence-corrected chi connectivity index (χ0v) is 20.2. The number of ether oxygens (including phenoxy) is 1.